The van der Waals surface area contributed by atoms with Crippen molar-refractivity contribution in [1.29, 1.82) is 0 Å². The molecule has 1 aromatic rings. The van der Waals surface area contributed by atoms with E-state index in [1.54, 1.807) is 31.1 Å². The molecule has 0 aromatic heterocycles. The van der Waals surface area contributed by atoms with Crippen LogP contribution in [0, 0.1) is 0 Å². The summed E-state index contributed by atoms with van der Waals surface area (Å²) in [5.41, 5.74) is 1.35. The Morgan fingerprint density at radius 1 is 1.30 bits per heavy atom. The highest BCUT2D eigenvalue weighted by Gasteiger charge is 2.29. The number of anilines is 2. The highest BCUT2D eigenvalue weighted by Crippen LogP contribution is 2.33. The monoisotopic (exact) mass is 418 g/mol. The van der Waals surface area contributed by atoms with Crippen molar-refractivity contribution in [2.45, 2.75) is 51.7 Å². The fraction of sp³-hybridized carbons (Fsp3) is 0.636. The molecule has 2 saturated heterocycles. The molecule has 166 valence electrons. The van der Waals surface area contributed by atoms with Gasteiger partial charge in [0.2, 0.25) is 5.91 Å². The molecule has 2 aliphatic rings. The number of rotatable bonds is 6. The Hall–Kier alpha value is -2.32. The molecule has 0 saturated carbocycles. The number of carbonyl (C=O) groups excluding carboxylic acids is 2. The minimum Gasteiger partial charge on any atom is -0.495 e. The van der Waals surface area contributed by atoms with E-state index >= 15 is 0 Å². The number of benzene rings is 1. The molecule has 0 bridgehead atoms. The number of carbonyl (C=O) groups is 2. The summed E-state index contributed by atoms with van der Waals surface area (Å²) in [6.07, 6.45) is 2.94. The lowest BCUT2D eigenvalue weighted by molar-refractivity contribution is -0.119. The van der Waals surface area contributed by atoms with E-state index in [1.807, 2.05) is 11.0 Å². The predicted octanol–water partition coefficient (Wildman–Crippen LogP) is 2.52. The number of methoxy groups -OCH3 is 1. The zero-order valence-electron chi connectivity index (χ0n) is 18.3. The molecular formula is C22H34N4O4. The van der Waals surface area contributed by atoms with Gasteiger partial charge in [-0.25, -0.2) is 4.79 Å². The van der Waals surface area contributed by atoms with E-state index in [0.29, 0.717) is 49.7 Å². The molecule has 0 spiro atoms. The van der Waals surface area contributed by atoms with E-state index in [4.69, 9.17) is 4.74 Å². The Bertz CT molecular complexity index is 755. The molecule has 1 aromatic carbocycles. The minimum atomic E-state index is -0.380. The molecule has 30 heavy (non-hydrogen) atoms. The Kier molecular flexibility index (Phi) is 7.55. The van der Waals surface area contributed by atoms with Gasteiger partial charge in [0, 0.05) is 50.9 Å². The van der Waals surface area contributed by atoms with Gasteiger partial charge in [0.15, 0.2) is 0 Å². The second-order valence-electron chi connectivity index (χ2n) is 8.17. The molecule has 2 aliphatic heterocycles. The molecule has 3 amide bonds. The van der Waals surface area contributed by atoms with Crippen molar-refractivity contribution >= 4 is 23.3 Å². The summed E-state index contributed by atoms with van der Waals surface area (Å²) < 4.78 is 5.45. The summed E-state index contributed by atoms with van der Waals surface area (Å²) in [6, 6.07) is 5.50. The minimum absolute atomic E-state index is 0.0862. The van der Waals surface area contributed by atoms with E-state index in [-0.39, 0.29) is 24.1 Å². The van der Waals surface area contributed by atoms with E-state index in [9.17, 15) is 14.7 Å². The van der Waals surface area contributed by atoms with Crippen LogP contribution in [0.3, 0.4) is 0 Å². The van der Waals surface area contributed by atoms with Crippen LogP contribution in [0.5, 0.6) is 5.75 Å². The van der Waals surface area contributed by atoms with Gasteiger partial charge in [-0.2, -0.15) is 0 Å². The number of ether oxygens (including phenoxy) is 1. The standard InChI is InChI=1S/C22H34N4O4/c1-4-18-15-25(12-11-24(18)14-16(2)27)22(29)23-17-8-9-20(30-3)19(13-17)26-10-6-5-7-21(26)28/h8-9,13,16,18,27H,4-7,10-12,14-15H2,1-3H3,(H,23,29)/t16-,18-/m0/s1. The smallest absolute Gasteiger partial charge is 0.321 e. The van der Waals surface area contributed by atoms with Crippen LogP contribution >= 0.6 is 0 Å². The summed E-state index contributed by atoms with van der Waals surface area (Å²) in [5.74, 6) is 0.712. The Morgan fingerprint density at radius 3 is 2.77 bits per heavy atom. The average molecular weight is 419 g/mol. The van der Waals surface area contributed by atoms with Gasteiger partial charge in [0.1, 0.15) is 5.75 Å². The molecule has 0 unspecified atom stereocenters. The second kappa shape index (κ2) is 10.1. The molecular weight excluding hydrogens is 384 g/mol. The van der Waals surface area contributed by atoms with Gasteiger partial charge < -0.3 is 25.0 Å². The first-order valence-electron chi connectivity index (χ1n) is 10.9. The highest BCUT2D eigenvalue weighted by atomic mass is 16.5. The molecule has 0 aliphatic carbocycles. The third-order valence-electron chi connectivity index (χ3n) is 5.91. The molecule has 2 N–H and O–H groups in total. The average Bonchev–Trinajstić information content (AvgIpc) is 2.74. The molecule has 2 heterocycles. The number of nitrogens with one attached hydrogen (secondary N) is 1. The van der Waals surface area contributed by atoms with Crippen LogP contribution in [-0.2, 0) is 4.79 Å². The van der Waals surface area contributed by atoms with Gasteiger partial charge in [-0.05, 0) is 44.4 Å². The highest BCUT2D eigenvalue weighted by molar-refractivity contribution is 5.97. The van der Waals surface area contributed by atoms with Crippen molar-refractivity contribution < 1.29 is 19.4 Å². The quantitative estimate of drug-likeness (QED) is 0.742. The van der Waals surface area contributed by atoms with Crippen LogP contribution in [0.15, 0.2) is 18.2 Å². The lowest BCUT2D eigenvalue weighted by atomic mass is 10.1. The van der Waals surface area contributed by atoms with Crippen LogP contribution in [0.2, 0.25) is 0 Å². The molecule has 2 atom stereocenters. The zero-order valence-corrected chi connectivity index (χ0v) is 18.3. The summed E-state index contributed by atoms with van der Waals surface area (Å²) in [6.45, 7) is 7.17. The normalized spacial score (nSPS) is 21.5. The van der Waals surface area contributed by atoms with E-state index in [1.165, 1.54) is 0 Å². The molecule has 0 radical (unpaired) electrons. The number of nitrogens with zero attached hydrogens (tertiary/aromatic N) is 3. The number of hydrogen-bond donors (Lipinski definition) is 2. The zero-order chi connectivity index (χ0) is 21.7. The van der Waals surface area contributed by atoms with Gasteiger partial charge in [0.25, 0.3) is 0 Å². The molecule has 2 fully saturated rings. The lowest BCUT2D eigenvalue weighted by Gasteiger charge is -2.41. The van der Waals surface area contributed by atoms with Gasteiger partial charge in [-0.1, -0.05) is 6.92 Å². The van der Waals surface area contributed by atoms with Crippen molar-refractivity contribution in [2.75, 3.05) is 50.1 Å². The number of piperidine rings is 1. The van der Waals surface area contributed by atoms with E-state index in [0.717, 1.165) is 25.8 Å². The maximum Gasteiger partial charge on any atom is 0.321 e. The molecule has 8 nitrogen and oxygen atoms in total. The van der Waals surface area contributed by atoms with E-state index in [2.05, 4.69) is 17.1 Å². The van der Waals surface area contributed by atoms with Crippen LogP contribution in [0.4, 0.5) is 16.2 Å². The van der Waals surface area contributed by atoms with Crippen molar-refractivity contribution in [3.05, 3.63) is 18.2 Å². The summed E-state index contributed by atoms with van der Waals surface area (Å²) in [5, 5.41) is 12.7. The molecule has 8 heteroatoms. The number of β-amino-alcohol motifs (C(OH)–C–C–N with tert-alkyl or cyclic N) is 1. The van der Waals surface area contributed by atoms with Crippen LogP contribution in [0.25, 0.3) is 0 Å². The van der Waals surface area contributed by atoms with Gasteiger partial charge in [-0.15, -0.1) is 0 Å². The largest absolute Gasteiger partial charge is 0.495 e. The molecule has 3 rings (SSSR count). The van der Waals surface area contributed by atoms with E-state index < -0.39 is 0 Å². The maximum atomic E-state index is 12.9. The third kappa shape index (κ3) is 5.23. The lowest BCUT2D eigenvalue weighted by Crippen LogP contribution is -2.56. The number of piperazine rings is 1. The maximum absolute atomic E-state index is 12.9. The van der Waals surface area contributed by atoms with Crippen LogP contribution in [0.1, 0.15) is 39.5 Å². The van der Waals surface area contributed by atoms with Crippen molar-refractivity contribution in [2.24, 2.45) is 0 Å². The Balaban J connectivity index is 1.69. The third-order valence-corrected chi connectivity index (χ3v) is 5.91. The Labute approximate surface area is 178 Å². The number of hydrogen-bond acceptors (Lipinski definition) is 5. The van der Waals surface area contributed by atoms with Crippen LogP contribution < -0.4 is 15.0 Å². The first-order chi connectivity index (χ1) is 14.4. The number of urea groups is 1. The predicted molar refractivity (Wildman–Crippen MR) is 117 cm³/mol. The SMILES string of the molecule is CC[C@H]1CN(C(=O)Nc2ccc(OC)c(N3CCCCC3=O)c2)CCN1C[C@H](C)O. The fourth-order valence-corrected chi connectivity index (χ4v) is 4.29. The Morgan fingerprint density at radius 2 is 2.10 bits per heavy atom. The number of aliphatic hydroxyl groups is 1. The van der Waals surface area contributed by atoms with Gasteiger partial charge >= 0.3 is 6.03 Å². The van der Waals surface area contributed by atoms with Crippen molar-refractivity contribution in [3.63, 3.8) is 0 Å². The summed E-state index contributed by atoms with van der Waals surface area (Å²) >= 11 is 0. The van der Waals surface area contributed by atoms with Gasteiger partial charge in [-0.3, -0.25) is 9.69 Å². The first kappa shape index (κ1) is 22.4. The summed E-state index contributed by atoms with van der Waals surface area (Å²) in [4.78, 5) is 31.1. The second-order valence-corrected chi connectivity index (χ2v) is 8.17. The first-order valence-corrected chi connectivity index (χ1v) is 10.9. The van der Waals surface area contributed by atoms with Crippen LogP contribution in [-0.4, -0.2) is 78.8 Å². The van der Waals surface area contributed by atoms with Crippen molar-refractivity contribution in [1.82, 2.24) is 9.80 Å². The van der Waals surface area contributed by atoms with Crippen molar-refractivity contribution in [3.8, 4) is 5.75 Å². The summed E-state index contributed by atoms with van der Waals surface area (Å²) in [7, 11) is 1.59. The topological polar surface area (TPSA) is 85.4 Å². The number of aliphatic hydroxyl groups excluding tert-OH is 1. The fourth-order valence-electron chi connectivity index (χ4n) is 4.29. The number of amides is 3. The van der Waals surface area contributed by atoms with Gasteiger partial charge in [0.05, 0.1) is 18.9 Å².